The molecule has 0 radical (unpaired) electrons. The summed E-state index contributed by atoms with van der Waals surface area (Å²) >= 11 is 0. The van der Waals surface area contributed by atoms with Crippen molar-refractivity contribution in [1.82, 2.24) is 0 Å². The summed E-state index contributed by atoms with van der Waals surface area (Å²) in [7, 11) is 0. The van der Waals surface area contributed by atoms with Crippen molar-refractivity contribution in [3.8, 4) is 0 Å². The van der Waals surface area contributed by atoms with Gasteiger partial charge in [0.15, 0.2) is 5.60 Å². The van der Waals surface area contributed by atoms with Crippen LogP contribution in [-0.4, -0.2) is 43.9 Å². The van der Waals surface area contributed by atoms with E-state index in [-0.39, 0.29) is 69.9 Å². The molecule has 84 valence electrons. The normalized spacial score (nSPS) is 9.40. The summed E-state index contributed by atoms with van der Waals surface area (Å²) in [5.41, 5.74) is -2.74. The molecule has 0 rings (SSSR count). The molecule has 0 fully saturated rings. The van der Waals surface area contributed by atoms with Gasteiger partial charge in [-0.15, -0.1) is 0 Å². The first kappa shape index (κ1) is 20.9. The van der Waals surface area contributed by atoms with Crippen molar-refractivity contribution in [2.75, 3.05) is 0 Å². The number of aliphatic hydroxyl groups is 1. The largest absolute Gasteiger partial charge is 1.00 e. The van der Waals surface area contributed by atoms with Gasteiger partial charge < -0.3 is 21.9 Å². The minimum atomic E-state index is -2.74. The summed E-state index contributed by atoms with van der Waals surface area (Å²) < 4.78 is 0. The van der Waals surface area contributed by atoms with Crippen LogP contribution in [0.3, 0.4) is 0 Å². The fraction of sp³-hybridized carbons (Fsp3) is 0.500. The number of carboxylic acid groups (broad SMARTS) is 3. The molecule has 0 atom stereocenters. The van der Waals surface area contributed by atoms with E-state index in [0.717, 1.165) is 0 Å². The number of carboxylic acids is 3. The molecule has 0 aliphatic carbocycles. The molecule has 0 amide bonds. The third-order valence-electron chi connectivity index (χ3n) is 1.29. The van der Waals surface area contributed by atoms with Crippen LogP contribution in [0.1, 0.15) is 14.3 Å². The van der Waals surface area contributed by atoms with Crippen molar-refractivity contribution < 1.29 is 105 Å². The van der Waals surface area contributed by atoms with Gasteiger partial charge in [0, 0.05) is 17.1 Å². The Bertz CT molecular complexity index is 243. The van der Waals surface area contributed by atoms with Crippen LogP contribution in [-0.2, 0) is 31.5 Å². The van der Waals surface area contributed by atoms with E-state index >= 15 is 0 Å². The topological polar surface area (TPSA) is 132 Å². The smallest absolute Gasteiger partial charge is 1.00 e. The maximum absolute atomic E-state index is 10.3. The van der Waals surface area contributed by atoms with Crippen molar-refractivity contribution in [2.45, 2.75) is 18.4 Å². The summed E-state index contributed by atoms with van der Waals surface area (Å²) in [5, 5.41) is 33.8. The Morgan fingerprint density at radius 3 is 1.40 bits per heavy atom. The first-order chi connectivity index (χ1) is 5.78. The van der Waals surface area contributed by atoms with E-state index in [9.17, 15) is 14.4 Å². The molecule has 0 unspecified atom stereocenters. The molecule has 0 aliphatic rings. The van der Waals surface area contributed by atoms with Crippen molar-refractivity contribution in [1.29, 1.82) is 0 Å². The second-order valence-corrected chi connectivity index (χ2v) is 2.48. The van der Waals surface area contributed by atoms with Gasteiger partial charge in [0.05, 0.1) is 12.8 Å². The number of hydrogen-bond acceptors (Lipinski definition) is 4. The first-order valence-electron chi connectivity index (χ1n) is 3.17. The first-order valence-corrected chi connectivity index (χ1v) is 3.17. The van der Waals surface area contributed by atoms with Gasteiger partial charge in [-0.3, -0.25) is 9.59 Å². The maximum Gasteiger partial charge on any atom is 1.00 e. The Morgan fingerprint density at radius 2 is 1.27 bits per heavy atom. The second-order valence-electron chi connectivity index (χ2n) is 2.48. The Hall–Kier alpha value is 0.526. The predicted molar refractivity (Wildman–Crippen MR) is 38.2 cm³/mol. The van der Waals surface area contributed by atoms with Gasteiger partial charge in [0.2, 0.25) is 0 Å². The third kappa shape index (κ3) is 8.35. The van der Waals surface area contributed by atoms with Gasteiger partial charge in [-0.05, 0) is 0 Å². The predicted octanol–water partition coefficient (Wildman–Crippen LogP) is -4.13. The van der Waals surface area contributed by atoms with E-state index in [0.29, 0.717) is 0 Å². The quantitative estimate of drug-likeness (QED) is 0.378. The SMILES string of the molecule is O=C(O)CC(O)(CC(=O)O)C(=O)O.[Fe].[H-].[K+]. The Labute approximate surface area is 139 Å². The van der Waals surface area contributed by atoms with Crippen LogP contribution < -0.4 is 51.4 Å². The van der Waals surface area contributed by atoms with E-state index in [1.165, 1.54) is 0 Å². The molecule has 15 heavy (non-hydrogen) atoms. The molecule has 0 spiro atoms. The zero-order chi connectivity index (χ0) is 10.6. The van der Waals surface area contributed by atoms with Gasteiger partial charge in [0.25, 0.3) is 0 Å². The van der Waals surface area contributed by atoms with Gasteiger partial charge in [-0.25, -0.2) is 4.79 Å². The molecule has 0 aromatic heterocycles. The standard InChI is InChI=1S/C6H8O7.Fe.K.H/c7-3(8)1-6(13,5(11)12)2-4(9)10;;;/h13H,1-2H2,(H,7,8)(H,9,10)(H,11,12);;;/q;;+1;-1. The number of rotatable bonds is 5. The van der Waals surface area contributed by atoms with Gasteiger partial charge >= 0.3 is 69.3 Å². The molecule has 0 saturated heterocycles. The molecule has 0 aromatic carbocycles. The van der Waals surface area contributed by atoms with Crippen molar-refractivity contribution in [2.24, 2.45) is 0 Å². The molecular formula is C6H9FeKO7. The number of hydrogen-bond donors (Lipinski definition) is 4. The monoisotopic (exact) mass is 288 g/mol. The summed E-state index contributed by atoms with van der Waals surface area (Å²) in [4.78, 5) is 30.5. The van der Waals surface area contributed by atoms with Gasteiger partial charge in [-0.1, -0.05) is 0 Å². The van der Waals surface area contributed by atoms with Crippen LogP contribution in [0, 0.1) is 0 Å². The third-order valence-corrected chi connectivity index (χ3v) is 1.29. The van der Waals surface area contributed by atoms with Crippen molar-refractivity contribution in [3.05, 3.63) is 0 Å². The fourth-order valence-corrected chi connectivity index (χ4v) is 0.714. The Morgan fingerprint density at radius 1 is 1.00 bits per heavy atom. The molecule has 0 saturated carbocycles. The second kappa shape index (κ2) is 8.65. The van der Waals surface area contributed by atoms with E-state index in [1.807, 2.05) is 0 Å². The maximum atomic E-state index is 10.3. The molecule has 0 aliphatic heterocycles. The van der Waals surface area contributed by atoms with E-state index < -0.39 is 36.4 Å². The number of carbonyl (C=O) groups is 3. The van der Waals surface area contributed by atoms with Crippen molar-refractivity contribution >= 4 is 17.9 Å². The van der Waals surface area contributed by atoms with Crippen LogP contribution >= 0.6 is 0 Å². The fourth-order valence-electron chi connectivity index (χ4n) is 0.714. The zero-order valence-electron chi connectivity index (χ0n) is 8.78. The molecule has 0 bridgehead atoms. The average molecular weight is 288 g/mol. The van der Waals surface area contributed by atoms with Gasteiger partial charge in [0.1, 0.15) is 0 Å². The average Bonchev–Trinajstić information content (AvgIpc) is 1.82. The molecule has 7 nitrogen and oxygen atoms in total. The molecule has 0 aromatic rings. The zero-order valence-corrected chi connectivity index (χ0v) is 12.0. The summed E-state index contributed by atoms with van der Waals surface area (Å²) in [6.07, 6.45) is -2.29. The van der Waals surface area contributed by atoms with Crippen LogP contribution in [0.15, 0.2) is 0 Å². The molecule has 4 N–H and O–H groups in total. The van der Waals surface area contributed by atoms with Crippen molar-refractivity contribution in [3.63, 3.8) is 0 Å². The summed E-state index contributed by atoms with van der Waals surface area (Å²) in [6.45, 7) is 0. The van der Waals surface area contributed by atoms with Crippen LogP contribution in [0.5, 0.6) is 0 Å². The summed E-state index contributed by atoms with van der Waals surface area (Å²) in [5.74, 6) is -5.02. The van der Waals surface area contributed by atoms with Crippen LogP contribution in [0.25, 0.3) is 0 Å². The number of aliphatic carboxylic acids is 3. The van der Waals surface area contributed by atoms with E-state index in [4.69, 9.17) is 20.4 Å². The van der Waals surface area contributed by atoms with Gasteiger partial charge in [-0.2, -0.15) is 0 Å². The minimum absolute atomic E-state index is 0. The van der Waals surface area contributed by atoms with E-state index in [1.54, 1.807) is 0 Å². The Kier molecular flexibility index (Phi) is 12.0. The molecule has 9 heteroatoms. The van der Waals surface area contributed by atoms with Crippen LogP contribution in [0.4, 0.5) is 0 Å². The molecule has 0 heterocycles. The minimum Gasteiger partial charge on any atom is -1.00 e. The molecular weight excluding hydrogens is 279 g/mol. The van der Waals surface area contributed by atoms with Crippen LogP contribution in [0.2, 0.25) is 0 Å². The summed E-state index contributed by atoms with van der Waals surface area (Å²) in [6, 6.07) is 0. The Balaban J connectivity index is -0.000000240. The van der Waals surface area contributed by atoms with E-state index in [2.05, 4.69) is 0 Å².